The summed E-state index contributed by atoms with van der Waals surface area (Å²) in [5, 5.41) is 11.6. The molecule has 0 radical (unpaired) electrons. The maximum absolute atomic E-state index is 13.5. The van der Waals surface area contributed by atoms with Gasteiger partial charge in [-0.15, -0.1) is 0 Å². The number of rotatable bonds is 5. The number of benzene rings is 3. The number of amides is 1. The Morgan fingerprint density at radius 1 is 0.889 bits per heavy atom. The molecule has 1 N–H and O–H groups in total. The maximum Gasteiger partial charge on any atom is 0.300 e. The molecule has 36 heavy (non-hydrogen) atoms. The Morgan fingerprint density at radius 2 is 1.53 bits per heavy atom. The number of hydrogen-bond donors (Lipinski definition) is 1. The predicted octanol–water partition coefficient (Wildman–Crippen LogP) is 5.94. The van der Waals surface area contributed by atoms with E-state index in [-0.39, 0.29) is 16.7 Å². The molecule has 1 unspecified atom stereocenters. The number of carbonyl (C=O) groups is 2. The zero-order valence-electron chi connectivity index (χ0n) is 21.5. The minimum absolute atomic E-state index is 0.0118. The Hall–Kier alpha value is -4.06. The van der Waals surface area contributed by atoms with Gasteiger partial charge < -0.3 is 14.6 Å². The number of anilines is 1. The minimum atomic E-state index is -0.873. The SMILES string of the molecule is COc1ccccc1C1/C(=C(\O)c2ccc(OC)c(C(C)(C)C)c2)C(=O)C(=O)N1c1ccccc1C. The van der Waals surface area contributed by atoms with Gasteiger partial charge in [0.2, 0.25) is 0 Å². The molecule has 0 aromatic heterocycles. The molecule has 0 bridgehead atoms. The van der Waals surface area contributed by atoms with E-state index >= 15 is 0 Å². The smallest absolute Gasteiger partial charge is 0.300 e. The molecular formula is C30H31NO5. The summed E-state index contributed by atoms with van der Waals surface area (Å²) in [4.78, 5) is 28.5. The van der Waals surface area contributed by atoms with Crippen LogP contribution in [0.4, 0.5) is 5.69 Å². The van der Waals surface area contributed by atoms with E-state index in [0.29, 0.717) is 28.3 Å². The van der Waals surface area contributed by atoms with Crippen LogP contribution in [0.5, 0.6) is 11.5 Å². The molecule has 1 heterocycles. The van der Waals surface area contributed by atoms with Crippen LogP contribution in [0.3, 0.4) is 0 Å². The van der Waals surface area contributed by atoms with Crippen molar-refractivity contribution in [3.05, 3.63) is 94.6 Å². The Labute approximate surface area is 211 Å². The summed E-state index contributed by atoms with van der Waals surface area (Å²) in [7, 11) is 3.14. The second kappa shape index (κ2) is 9.53. The zero-order chi connectivity index (χ0) is 26.2. The number of ketones is 1. The van der Waals surface area contributed by atoms with Crippen LogP contribution in [0.25, 0.3) is 5.76 Å². The molecule has 1 amide bonds. The first-order valence-electron chi connectivity index (χ1n) is 11.8. The molecular weight excluding hydrogens is 454 g/mol. The molecule has 1 saturated heterocycles. The van der Waals surface area contributed by atoms with Crippen LogP contribution in [-0.2, 0) is 15.0 Å². The monoisotopic (exact) mass is 485 g/mol. The van der Waals surface area contributed by atoms with E-state index in [0.717, 1.165) is 11.1 Å². The molecule has 0 saturated carbocycles. The van der Waals surface area contributed by atoms with E-state index in [9.17, 15) is 14.7 Å². The van der Waals surface area contributed by atoms with Crippen molar-refractivity contribution in [3.8, 4) is 11.5 Å². The van der Waals surface area contributed by atoms with Crippen LogP contribution in [-0.4, -0.2) is 31.0 Å². The first kappa shape index (κ1) is 25.0. The van der Waals surface area contributed by atoms with Gasteiger partial charge in [0.15, 0.2) is 0 Å². The second-order valence-corrected chi connectivity index (χ2v) is 9.86. The highest BCUT2D eigenvalue weighted by Gasteiger charge is 2.48. The molecule has 1 aliphatic rings. The number of carbonyl (C=O) groups excluding carboxylic acids is 2. The first-order chi connectivity index (χ1) is 17.1. The lowest BCUT2D eigenvalue weighted by atomic mass is 9.84. The number of para-hydroxylation sites is 2. The van der Waals surface area contributed by atoms with Gasteiger partial charge in [0.1, 0.15) is 17.3 Å². The number of hydrogen-bond acceptors (Lipinski definition) is 5. The van der Waals surface area contributed by atoms with Gasteiger partial charge in [0.25, 0.3) is 11.7 Å². The number of aliphatic hydroxyl groups excluding tert-OH is 1. The summed E-state index contributed by atoms with van der Waals surface area (Å²) in [6.07, 6.45) is 0. The Morgan fingerprint density at radius 3 is 2.17 bits per heavy atom. The summed E-state index contributed by atoms with van der Waals surface area (Å²) in [5.74, 6) is -0.501. The third-order valence-corrected chi connectivity index (χ3v) is 6.53. The van der Waals surface area contributed by atoms with Crippen molar-refractivity contribution in [2.24, 2.45) is 0 Å². The van der Waals surface area contributed by atoms with Crippen molar-refractivity contribution in [2.45, 2.75) is 39.2 Å². The molecule has 0 aliphatic carbocycles. The quantitative estimate of drug-likeness (QED) is 0.275. The molecule has 4 rings (SSSR count). The number of aryl methyl sites for hydroxylation is 1. The average molecular weight is 486 g/mol. The molecule has 6 heteroatoms. The molecule has 3 aromatic carbocycles. The third kappa shape index (κ3) is 4.24. The summed E-state index contributed by atoms with van der Waals surface area (Å²) in [6.45, 7) is 8.01. The topological polar surface area (TPSA) is 76.1 Å². The maximum atomic E-state index is 13.5. The standard InChI is InChI=1S/C30H31NO5/c1-18-11-7-9-13-22(18)31-26(20-12-8-10-14-23(20)35-5)25(28(33)29(31)34)27(32)19-15-16-24(36-6)21(17-19)30(2,3)4/h7-17,26,32H,1-6H3/b27-25+. The fourth-order valence-electron chi connectivity index (χ4n) is 4.70. The lowest BCUT2D eigenvalue weighted by Gasteiger charge is -2.28. The van der Waals surface area contributed by atoms with Crippen molar-refractivity contribution in [3.63, 3.8) is 0 Å². The van der Waals surface area contributed by atoms with Crippen LogP contribution in [0.15, 0.2) is 72.3 Å². The summed E-state index contributed by atoms with van der Waals surface area (Å²) in [6, 6.07) is 19.0. The van der Waals surface area contributed by atoms with Gasteiger partial charge in [-0.3, -0.25) is 14.5 Å². The minimum Gasteiger partial charge on any atom is -0.507 e. The molecule has 0 spiro atoms. The lowest BCUT2D eigenvalue weighted by molar-refractivity contribution is -0.132. The molecule has 1 aliphatic heterocycles. The fraction of sp³-hybridized carbons (Fsp3) is 0.267. The average Bonchev–Trinajstić information content (AvgIpc) is 3.12. The van der Waals surface area contributed by atoms with E-state index in [1.165, 1.54) is 12.0 Å². The van der Waals surface area contributed by atoms with E-state index in [4.69, 9.17) is 9.47 Å². The number of aliphatic hydroxyl groups is 1. The third-order valence-electron chi connectivity index (χ3n) is 6.53. The van der Waals surface area contributed by atoms with Crippen LogP contribution in [0.2, 0.25) is 0 Å². The molecule has 6 nitrogen and oxygen atoms in total. The molecule has 1 atom stereocenters. The fourth-order valence-corrected chi connectivity index (χ4v) is 4.70. The normalized spacial score (nSPS) is 17.4. The number of Topliss-reactive ketones (excluding diaryl/α,β-unsaturated/α-hetero) is 1. The van der Waals surface area contributed by atoms with Crippen LogP contribution < -0.4 is 14.4 Å². The van der Waals surface area contributed by atoms with Crippen molar-refractivity contribution in [1.29, 1.82) is 0 Å². The molecule has 3 aromatic rings. The summed E-state index contributed by atoms with van der Waals surface area (Å²) in [5.41, 5.74) is 3.07. The van der Waals surface area contributed by atoms with Gasteiger partial charge in [0, 0.05) is 22.4 Å². The highest BCUT2D eigenvalue weighted by Crippen LogP contribution is 2.46. The first-order valence-corrected chi connectivity index (χ1v) is 11.8. The van der Waals surface area contributed by atoms with E-state index in [2.05, 4.69) is 0 Å². The second-order valence-electron chi connectivity index (χ2n) is 9.86. The largest absolute Gasteiger partial charge is 0.507 e. The highest BCUT2D eigenvalue weighted by atomic mass is 16.5. The highest BCUT2D eigenvalue weighted by molar-refractivity contribution is 6.51. The lowest BCUT2D eigenvalue weighted by Crippen LogP contribution is -2.30. The summed E-state index contributed by atoms with van der Waals surface area (Å²) < 4.78 is 11.1. The van der Waals surface area contributed by atoms with Gasteiger partial charge in [0.05, 0.1) is 25.8 Å². The van der Waals surface area contributed by atoms with Gasteiger partial charge >= 0.3 is 0 Å². The van der Waals surface area contributed by atoms with Gasteiger partial charge in [-0.05, 0) is 48.2 Å². The van der Waals surface area contributed by atoms with Crippen LogP contribution in [0.1, 0.15) is 49.1 Å². The van der Waals surface area contributed by atoms with Crippen molar-refractivity contribution in [1.82, 2.24) is 0 Å². The Kier molecular flexibility index (Phi) is 6.63. The number of ether oxygens (including phenoxy) is 2. The predicted molar refractivity (Wildman–Crippen MR) is 141 cm³/mol. The van der Waals surface area contributed by atoms with E-state index in [1.807, 2.05) is 70.2 Å². The van der Waals surface area contributed by atoms with Gasteiger partial charge in [-0.25, -0.2) is 0 Å². The van der Waals surface area contributed by atoms with Gasteiger partial charge in [-0.2, -0.15) is 0 Å². The Bertz CT molecular complexity index is 1370. The summed E-state index contributed by atoms with van der Waals surface area (Å²) >= 11 is 0. The van der Waals surface area contributed by atoms with Gasteiger partial charge in [-0.1, -0.05) is 57.2 Å². The number of nitrogens with zero attached hydrogens (tertiary/aromatic N) is 1. The zero-order valence-corrected chi connectivity index (χ0v) is 21.5. The van der Waals surface area contributed by atoms with Crippen molar-refractivity contribution in [2.75, 3.05) is 19.1 Å². The van der Waals surface area contributed by atoms with Crippen molar-refractivity contribution >= 4 is 23.1 Å². The van der Waals surface area contributed by atoms with Crippen LogP contribution in [0, 0.1) is 6.92 Å². The van der Waals surface area contributed by atoms with Crippen molar-refractivity contribution < 1.29 is 24.2 Å². The Balaban J connectivity index is 2.01. The van der Waals surface area contributed by atoms with E-state index < -0.39 is 17.7 Å². The number of methoxy groups -OCH3 is 2. The van der Waals surface area contributed by atoms with Crippen LogP contribution >= 0.6 is 0 Å². The molecule has 186 valence electrons. The molecule has 1 fully saturated rings. The van der Waals surface area contributed by atoms with E-state index in [1.54, 1.807) is 31.4 Å².